The average molecular weight is 399 g/mol. The van der Waals surface area contributed by atoms with Gasteiger partial charge in [-0.05, 0) is 57.6 Å². The Bertz CT molecular complexity index is 884. The number of nitrogens with one attached hydrogen (secondary N) is 1. The summed E-state index contributed by atoms with van der Waals surface area (Å²) in [5.74, 6) is 1.26. The molecule has 0 aliphatic heterocycles. The number of carbonyl (C=O) groups is 1. The Balaban J connectivity index is 1.46. The lowest BCUT2D eigenvalue weighted by Crippen LogP contribution is -2.20. The second-order valence-electron chi connectivity index (χ2n) is 8.58. The first kappa shape index (κ1) is 19.7. The smallest absolute Gasteiger partial charge is 0.412 e. The van der Waals surface area contributed by atoms with Gasteiger partial charge in [0.15, 0.2) is 11.5 Å². The third-order valence-electron chi connectivity index (χ3n) is 5.83. The fourth-order valence-corrected chi connectivity index (χ4v) is 3.57. The zero-order valence-electron chi connectivity index (χ0n) is 17.4. The summed E-state index contributed by atoms with van der Waals surface area (Å²) in [6.07, 6.45) is 7.89. The van der Waals surface area contributed by atoms with Gasteiger partial charge in [-0.3, -0.25) is 5.32 Å². The Labute approximate surface area is 171 Å². The van der Waals surface area contributed by atoms with Crippen molar-refractivity contribution in [3.63, 3.8) is 0 Å². The van der Waals surface area contributed by atoms with Crippen LogP contribution in [0, 0.1) is 12.3 Å². The van der Waals surface area contributed by atoms with Crippen molar-refractivity contribution in [2.24, 2.45) is 12.5 Å². The van der Waals surface area contributed by atoms with Crippen molar-refractivity contribution < 1.29 is 14.3 Å². The molecule has 8 nitrogen and oxygen atoms in total. The van der Waals surface area contributed by atoms with Gasteiger partial charge in [0, 0.05) is 12.5 Å². The summed E-state index contributed by atoms with van der Waals surface area (Å²) in [6, 6.07) is 3.79. The van der Waals surface area contributed by atoms with Crippen LogP contribution in [0.1, 0.15) is 57.6 Å². The molecule has 0 unspecified atom stereocenters. The van der Waals surface area contributed by atoms with Crippen LogP contribution in [0.4, 0.5) is 10.6 Å². The maximum atomic E-state index is 12.2. The molecule has 1 amide bonds. The normalized spacial score (nSPS) is 18.3. The fraction of sp³-hybridized carbons (Fsp3) is 0.619. The SMILES string of the molecule is Cc1nc(-c2nnn(C)c2NC(=O)OCC2(C)CC2)ccc1OC1CCCCC1. The van der Waals surface area contributed by atoms with E-state index in [-0.39, 0.29) is 11.5 Å². The topological polar surface area (TPSA) is 91.2 Å². The molecule has 0 aromatic carbocycles. The van der Waals surface area contributed by atoms with Crippen LogP contribution in [-0.2, 0) is 11.8 Å². The lowest BCUT2D eigenvalue weighted by atomic mass is 9.98. The summed E-state index contributed by atoms with van der Waals surface area (Å²) in [5.41, 5.74) is 2.08. The minimum absolute atomic E-state index is 0.137. The molecule has 0 radical (unpaired) electrons. The highest BCUT2D eigenvalue weighted by Gasteiger charge is 2.38. The molecule has 2 aliphatic rings. The quantitative estimate of drug-likeness (QED) is 0.781. The lowest BCUT2D eigenvalue weighted by Gasteiger charge is -2.23. The molecule has 2 aromatic rings. The number of aryl methyl sites for hydroxylation is 2. The number of amides is 1. The molecule has 0 bridgehead atoms. The van der Waals surface area contributed by atoms with Gasteiger partial charge < -0.3 is 9.47 Å². The van der Waals surface area contributed by atoms with Crippen molar-refractivity contribution in [1.29, 1.82) is 0 Å². The molecule has 2 heterocycles. The van der Waals surface area contributed by atoms with E-state index in [4.69, 9.17) is 9.47 Å². The molecule has 8 heteroatoms. The van der Waals surface area contributed by atoms with Crippen molar-refractivity contribution in [1.82, 2.24) is 20.0 Å². The molecule has 29 heavy (non-hydrogen) atoms. The number of carbonyl (C=O) groups excluding carboxylic acids is 1. The molecule has 2 aromatic heterocycles. The first-order chi connectivity index (χ1) is 13.9. The van der Waals surface area contributed by atoms with Crippen LogP contribution in [0.3, 0.4) is 0 Å². The third-order valence-corrected chi connectivity index (χ3v) is 5.83. The Morgan fingerprint density at radius 1 is 1.28 bits per heavy atom. The largest absolute Gasteiger partial charge is 0.489 e. The van der Waals surface area contributed by atoms with Crippen LogP contribution >= 0.6 is 0 Å². The molecule has 2 aliphatic carbocycles. The van der Waals surface area contributed by atoms with Crippen molar-refractivity contribution in [3.8, 4) is 17.1 Å². The number of ether oxygens (including phenoxy) is 2. The van der Waals surface area contributed by atoms with Gasteiger partial charge >= 0.3 is 6.09 Å². The van der Waals surface area contributed by atoms with Crippen LogP contribution in [0.15, 0.2) is 12.1 Å². The number of anilines is 1. The van der Waals surface area contributed by atoms with E-state index in [9.17, 15) is 4.79 Å². The van der Waals surface area contributed by atoms with Gasteiger partial charge in [-0.25, -0.2) is 14.5 Å². The molecule has 0 saturated heterocycles. The Morgan fingerprint density at radius 3 is 2.72 bits per heavy atom. The van der Waals surface area contributed by atoms with Crippen molar-refractivity contribution in [3.05, 3.63) is 17.8 Å². The minimum atomic E-state index is -0.501. The fourth-order valence-electron chi connectivity index (χ4n) is 3.57. The number of nitrogens with zero attached hydrogens (tertiary/aromatic N) is 4. The van der Waals surface area contributed by atoms with Crippen LogP contribution in [0.5, 0.6) is 5.75 Å². The van der Waals surface area contributed by atoms with Gasteiger partial charge in [0.2, 0.25) is 0 Å². The first-order valence-electron chi connectivity index (χ1n) is 10.4. The third kappa shape index (κ3) is 4.68. The van der Waals surface area contributed by atoms with E-state index in [1.54, 1.807) is 7.05 Å². The van der Waals surface area contributed by atoms with Crippen LogP contribution in [0.25, 0.3) is 11.4 Å². The summed E-state index contributed by atoms with van der Waals surface area (Å²) in [5, 5.41) is 11.0. The predicted molar refractivity (Wildman–Crippen MR) is 109 cm³/mol. The van der Waals surface area contributed by atoms with E-state index in [1.165, 1.54) is 23.9 Å². The highest BCUT2D eigenvalue weighted by atomic mass is 16.5. The summed E-state index contributed by atoms with van der Waals surface area (Å²) in [4.78, 5) is 16.9. The summed E-state index contributed by atoms with van der Waals surface area (Å²) >= 11 is 0. The number of aromatic nitrogens is 4. The van der Waals surface area contributed by atoms with Gasteiger partial charge in [0.25, 0.3) is 0 Å². The van der Waals surface area contributed by atoms with Gasteiger partial charge in [-0.2, -0.15) is 0 Å². The van der Waals surface area contributed by atoms with E-state index >= 15 is 0 Å². The molecular formula is C21H29N5O3. The van der Waals surface area contributed by atoms with Crippen molar-refractivity contribution >= 4 is 11.9 Å². The summed E-state index contributed by atoms with van der Waals surface area (Å²) < 4.78 is 13.0. The molecule has 0 spiro atoms. The molecule has 2 fully saturated rings. The zero-order valence-corrected chi connectivity index (χ0v) is 17.4. The molecule has 4 rings (SSSR count). The van der Waals surface area contributed by atoms with E-state index in [2.05, 4.69) is 27.5 Å². The molecule has 0 atom stereocenters. The summed E-state index contributed by atoms with van der Waals surface area (Å²) in [7, 11) is 1.72. The number of pyridine rings is 1. The van der Waals surface area contributed by atoms with Gasteiger partial charge in [0.05, 0.1) is 24.1 Å². The maximum absolute atomic E-state index is 12.2. The van der Waals surface area contributed by atoms with Crippen molar-refractivity contribution in [2.45, 2.75) is 64.9 Å². The van der Waals surface area contributed by atoms with E-state index in [1.807, 2.05) is 19.1 Å². The predicted octanol–water partition coefficient (Wildman–Crippen LogP) is 4.25. The van der Waals surface area contributed by atoms with Gasteiger partial charge in [-0.15, -0.1) is 5.10 Å². The minimum Gasteiger partial charge on any atom is -0.489 e. The van der Waals surface area contributed by atoms with Crippen LogP contribution in [0.2, 0.25) is 0 Å². The lowest BCUT2D eigenvalue weighted by molar-refractivity contribution is 0.138. The summed E-state index contributed by atoms with van der Waals surface area (Å²) in [6.45, 7) is 4.46. The molecular weight excluding hydrogens is 370 g/mol. The van der Waals surface area contributed by atoms with E-state index in [0.717, 1.165) is 37.1 Å². The number of hydrogen-bond donors (Lipinski definition) is 1. The number of hydrogen-bond acceptors (Lipinski definition) is 6. The molecule has 156 valence electrons. The Hall–Kier alpha value is -2.64. The maximum Gasteiger partial charge on any atom is 0.412 e. The van der Waals surface area contributed by atoms with Crippen LogP contribution < -0.4 is 10.1 Å². The van der Waals surface area contributed by atoms with Crippen molar-refractivity contribution in [2.75, 3.05) is 11.9 Å². The Morgan fingerprint density at radius 2 is 2.03 bits per heavy atom. The standard InChI is InChI=1S/C21H29N5O3/c1-14-17(29-15-7-5-4-6-8-15)10-9-16(22-14)18-19(26(3)25-24-18)23-20(27)28-13-21(2)11-12-21/h9-10,15H,4-8,11-13H2,1-3H3,(H,23,27). The second kappa shape index (κ2) is 8.00. The first-order valence-corrected chi connectivity index (χ1v) is 10.4. The van der Waals surface area contributed by atoms with Crippen LogP contribution in [-0.4, -0.2) is 38.8 Å². The Kier molecular flexibility index (Phi) is 5.43. The highest BCUT2D eigenvalue weighted by Crippen LogP contribution is 2.45. The zero-order chi connectivity index (χ0) is 20.4. The van der Waals surface area contributed by atoms with Gasteiger partial charge in [0.1, 0.15) is 5.75 Å². The van der Waals surface area contributed by atoms with E-state index < -0.39 is 6.09 Å². The van der Waals surface area contributed by atoms with Gasteiger partial charge in [-0.1, -0.05) is 18.6 Å². The van der Waals surface area contributed by atoms with E-state index in [0.29, 0.717) is 23.8 Å². The highest BCUT2D eigenvalue weighted by molar-refractivity contribution is 5.88. The molecule has 1 N–H and O–H groups in total. The monoisotopic (exact) mass is 399 g/mol. The average Bonchev–Trinajstić information content (AvgIpc) is 3.35. The second-order valence-corrected chi connectivity index (χ2v) is 8.58. The number of rotatable bonds is 6. The molecule has 2 saturated carbocycles.